The summed E-state index contributed by atoms with van der Waals surface area (Å²) < 4.78 is 0. The Hall–Kier alpha value is -2.20. The van der Waals surface area contributed by atoms with Gasteiger partial charge in [-0.05, 0) is 54.5 Å². The predicted octanol–water partition coefficient (Wildman–Crippen LogP) is 2.30. The van der Waals surface area contributed by atoms with E-state index in [-0.39, 0.29) is 18.6 Å². The molecule has 2 N–H and O–H groups in total. The van der Waals surface area contributed by atoms with E-state index in [0.717, 1.165) is 24.8 Å². The second-order valence-electron chi connectivity index (χ2n) is 6.92. The topological polar surface area (TPSA) is 62.2 Å². The Morgan fingerprint density at radius 2 is 1.96 bits per heavy atom. The van der Waals surface area contributed by atoms with Crippen LogP contribution in [0.2, 0.25) is 0 Å². The highest BCUT2D eigenvalue weighted by molar-refractivity contribution is 5.83. The molecule has 1 aliphatic rings. The average Bonchev–Trinajstić information content (AvgIpc) is 2.61. The summed E-state index contributed by atoms with van der Waals surface area (Å²) in [6, 6.07) is 11.9. The monoisotopic (exact) mass is 324 g/mol. The first-order chi connectivity index (χ1) is 11.6. The van der Waals surface area contributed by atoms with Crippen LogP contribution < -0.4 is 5.32 Å². The molecule has 0 spiro atoms. The lowest BCUT2D eigenvalue weighted by atomic mass is 9.72. The van der Waals surface area contributed by atoms with Crippen LogP contribution in [-0.4, -0.2) is 28.6 Å². The third-order valence-electron chi connectivity index (χ3n) is 4.98. The summed E-state index contributed by atoms with van der Waals surface area (Å²) in [7, 11) is 0. The number of fused-ring (bicyclic) bond motifs is 1. The second kappa shape index (κ2) is 7.14. The van der Waals surface area contributed by atoms with Gasteiger partial charge in [-0.2, -0.15) is 0 Å². The maximum absolute atomic E-state index is 12.9. The molecule has 1 heterocycles. The lowest BCUT2D eigenvalue weighted by Gasteiger charge is -2.35. The quantitative estimate of drug-likeness (QED) is 0.887. The molecular weight excluding hydrogens is 300 g/mol. The molecule has 2 atom stereocenters. The molecule has 0 bridgehead atoms. The molecule has 1 aromatic carbocycles. The van der Waals surface area contributed by atoms with Crippen LogP contribution in [0.4, 0.5) is 0 Å². The number of rotatable bonds is 5. The highest BCUT2D eigenvalue weighted by Gasteiger charge is 2.37. The Bertz CT molecular complexity index is 702. The summed E-state index contributed by atoms with van der Waals surface area (Å²) in [6.07, 6.45) is 6.58. The third-order valence-corrected chi connectivity index (χ3v) is 4.98. The number of nitrogens with zero attached hydrogens (tertiary/aromatic N) is 1. The van der Waals surface area contributed by atoms with Crippen molar-refractivity contribution >= 4 is 5.91 Å². The van der Waals surface area contributed by atoms with E-state index in [1.807, 2.05) is 25.1 Å². The molecule has 0 radical (unpaired) electrons. The van der Waals surface area contributed by atoms with Crippen molar-refractivity contribution in [3.05, 3.63) is 65.5 Å². The number of pyridine rings is 1. The van der Waals surface area contributed by atoms with Gasteiger partial charge < -0.3 is 10.4 Å². The van der Waals surface area contributed by atoms with Crippen LogP contribution in [0.1, 0.15) is 30.0 Å². The highest BCUT2D eigenvalue weighted by Crippen LogP contribution is 2.35. The number of aliphatic hydroxyl groups is 1. The lowest BCUT2D eigenvalue weighted by molar-refractivity contribution is -0.131. The maximum atomic E-state index is 12.9. The average molecular weight is 324 g/mol. The normalized spacial score (nSPS) is 20.9. The molecule has 4 heteroatoms. The molecule has 1 aromatic heterocycles. The molecule has 3 rings (SSSR count). The van der Waals surface area contributed by atoms with Crippen molar-refractivity contribution in [2.24, 2.45) is 5.41 Å². The Balaban J connectivity index is 1.67. The molecule has 1 aliphatic carbocycles. The van der Waals surface area contributed by atoms with E-state index < -0.39 is 5.41 Å². The van der Waals surface area contributed by atoms with Crippen molar-refractivity contribution in [2.45, 2.75) is 38.6 Å². The van der Waals surface area contributed by atoms with Gasteiger partial charge in [-0.3, -0.25) is 9.78 Å². The number of amides is 1. The van der Waals surface area contributed by atoms with E-state index in [2.05, 4.69) is 28.5 Å². The number of nitrogens with one attached hydrogen (secondary N) is 1. The Morgan fingerprint density at radius 1 is 1.25 bits per heavy atom. The van der Waals surface area contributed by atoms with Crippen LogP contribution in [-0.2, 0) is 24.1 Å². The van der Waals surface area contributed by atoms with Crippen molar-refractivity contribution in [3.63, 3.8) is 0 Å². The fourth-order valence-electron chi connectivity index (χ4n) is 3.41. The second-order valence-corrected chi connectivity index (χ2v) is 6.92. The number of aliphatic hydroxyl groups excluding tert-OH is 1. The molecule has 126 valence electrons. The van der Waals surface area contributed by atoms with Crippen molar-refractivity contribution in [2.75, 3.05) is 6.61 Å². The molecule has 0 aliphatic heterocycles. The van der Waals surface area contributed by atoms with Gasteiger partial charge in [0.2, 0.25) is 5.91 Å². The van der Waals surface area contributed by atoms with Crippen molar-refractivity contribution < 1.29 is 9.90 Å². The molecule has 2 unspecified atom stereocenters. The van der Waals surface area contributed by atoms with E-state index >= 15 is 0 Å². The van der Waals surface area contributed by atoms with Crippen LogP contribution in [0.3, 0.4) is 0 Å². The molecule has 0 saturated carbocycles. The molecule has 4 nitrogen and oxygen atoms in total. The molecular formula is C20H24N2O2. The Kier molecular flexibility index (Phi) is 4.95. The van der Waals surface area contributed by atoms with Crippen LogP contribution in [0.15, 0.2) is 48.8 Å². The number of carbonyl (C=O) groups is 1. The number of carbonyl (C=O) groups excluding carboxylic acids is 1. The van der Waals surface area contributed by atoms with Gasteiger partial charge in [-0.25, -0.2) is 0 Å². The predicted molar refractivity (Wildman–Crippen MR) is 93.5 cm³/mol. The highest BCUT2D eigenvalue weighted by atomic mass is 16.3. The van der Waals surface area contributed by atoms with Gasteiger partial charge >= 0.3 is 0 Å². The summed E-state index contributed by atoms with van der Waals surface area (Å²) in [5.74, 6) is 0.0325. The van der Waals surface area contributed by atoms with Crippen LogP contribution in [0.5, 0.6) is 0 Å². The summed E-state index contributed by atoms with van der Waals surface area (Å²) in [4.78, 5) is 16.9. The molecule has 1 amide bonds. The van der Waals surface area contributed by atoms with E-state index in [0.29, 0.717) is 6.42 Å². The number of aryl methyl sites for hydroxylation is 1. The Labute approximate surface area is 142 Å². The van der Waals surface area contributed by atoms with E-state index in [4.69, 9.17) is 0 Å². The first kappa shape index (κ1) is 16.7. The fraction of sp³-hybridized carbons (Fsp3) is 0.400. The first-order valence-corrected chi connectivity index (χ1v) is 8.48. The summed E-state index contributed by atoms with van der Waals surface area (Å²) in [5, 5.41) is 12.7. The zero-order chi connectivity index (χ0) is 17.0. The van der Waals surface area contributed by atoms with Gasteiger partial charge in [0, 0.05) is 12.4 Å². The van der Waals surface area contributed by atoms with Crippen molar-refractivity contribution in [1.29, 1.82) is 0 Å². The fourth-order valence-corrected chi connectivity index (χ4v) is 3.41. The van der Waals surface area contributed by atoms with Crippen LogP contribution in [0.25, 0.3) is 0 Å². The van der Waals surface area contributed by atoms with Gasteiger partial charge in [0.05, 0.1) is 18.1 Å². The zero-order valence-corrected chi connectivity index (χ0v) is 14.0. The largest absolute Gasteiger partial charge is 0.394 e. The molecule has 0 fully saturated rings. The summed E-state index contributed by atoms with van der Waals surface area (Å²) in [5.41, 5.74) is 3.25. The maximum Gasteiger partial charge on any atom is 0.226 e. The number of hydrogen-bond donors (Lipinski definition) is 2. The number of aromatic nitrogens is 1. The first-order valence-electron chi connectivity index (χ1n) is 8.48. The van der Waals surface area contributed by atoms with E-state index in [9.17, 15) is 9.90 Å². The standard InChI is InChI=1S/C20H24N2O2/c1-20(9-6-16-4-2-3-5-17(16)13-20)19(24)22-18(14-23)12-15-7-10-21-11-8-15/h2-5,7-8,10-11,18,23H,6,9,12-14H2,1H3,(H,22,24). The van der Waals surface area contributed by atoms with Gasteiger partial charge in [-0.1, -0.05) is 31.2 Å². The van der Waals surface area contributed by atoms with Crippen molar-refractivity contribution in [1.82, 2.24) is 10.3 Å². The van der Waals surface area contributed by atoms with Crippen molar-refractivity contribution in [3.8, 4) is 0 Å². The van der Waals surface area contributed by atoms with Gasteiger partial charge in [0.1, 0.15) is 0 Å². The molecule has 0 saturated heterocycles. The minimum Gasteiger partial charge on any atom is -0.394 e. The minimum atomic E-state index is -0.417. The van der Waals surface area contributed by atoms with Crippen LogP contribution >= 0.6 is 0 Å². The SMILES string of the molecule is CC1(C(=O)NC(CO)Cc2ccncc2)CCc2ccccc2C1. The zero-order valence-electron chi connectivity index (χ0n) is 14.0. The van der Waals surface area contributed by atoms with Gasteiger partial charge in [0.25, 0.3) is 0 Å². The van der Waals surface area contributed by atoms with Gasteiger partial charge in [-0.15, -0.1) is 0 Å². The van der Waals surface area contributed by atoms with E-state index in [1.165, 1.54) is 11.1 Å². The number of hydrogen-bond acceptors (Lipinski definition) is 3. The third kappa shape index (κ3) is 3.65. The summed E-state index contributed by atoms with van der Waals surface area (Å²) in [6.45, 7) is 1.96. The summed E-state index contributed by atoms with van der Waals surface area (Å²) >= 11 is 0. The number of benzene rings is 1. The lowest BCUT2D eigenvalue weighted by Crippen LogP contribution is -2.48. The molecule has 24 heavy (non-hydrogen) atoms. The Morgan fingerprint density at radius 3 is 2.67 bits per heavy atom. The minimum absolute atomic E-state index is 0.0325. The van der Waals surface area contributed by atoms with Gasteiger partial charge in [0.15, 0.2) is 0 Å². The van der Waals surface area contributed by atoms with E-state index in [1.54, 1.807) is 12.4 Å². The molecule has 2 aromatic rings. The van der Waals surface area contributed by atoms with Crippen LogP contribution in [0, 0.1) is 5.41 Å². The smallest absolute Gasteiger partial charge is 0.226 e.